The maximum Gasteiger partial charge on any atom is 0.162 e. The molecule has 0 aliphatic carbocycles. The third kappa shape index (κ3) is 2.70. The van der Waals surface area contributed by atoms with Crippen LogP contribution in [0.5, 0.6) is 0 Å². The highest BCUT2D eigenvalue weighted by Gasteiger charge is 2.09. The average Bonchev–Trinajstić information content (AvgIpc) is 2.48. The van der Waals surface area contributed by atoms with Crippen molar-refractivity contribution >= 4 is 16.7 Å². The molecule has 1 aromatic heterocycles. The molecule has 0 amide bonds. The van der Waals surface area contributed by atoms with Crippen LogP contribution in [0, 0.1) is 12.7 Å². The maximum atomic E-state index is 13.4. The molecular formula is C17H16FN3. The second-order valence-corrected chi connectivity index (χ2v) is 4.96. The maximum absolute atomic E-state index is 13.4. The summed E-state index contributed by atoms with van der Waals surface area (Å²) in [6.45, 7) is 4.82. The minimum atomic E-state index is -0.287. The number of aromatic nitrogens is 2. The van der Waals surface area contributed by atoms with E-state index in [2.05, 4.69) is 21.4 Å². The van der Waals surface area contributed by atoms with Crippen molar-refractivity contribution in [2.75, 3.05) is 11.9 Å². The van der Waals surface area contributed by atoms with Gasteiger partial charge in [0, 0.05) is 17.5 Å². The van der Waals surface area contributed by atoms with Crippen molar-refractivity contribution in [3.8, 4) is 11.4 Å². The van der Waals surface area contributed by atoms with Gasteiger partial charge in [-0.15, -0.1) is 0 Å². The van der Waals surface area contributed by atoms with Crippen molar-refractivity contribution in [1.82, 2.24) is 9.97 Å². The second kappa shape index (κ2) is 5.48. The number of nitrogens with one attached hydrogen (secondary N) is 1. The Balaban J connectivity index is 2.23. The molecule has 0 bridgehead atoms. The van der Waals surface area contributed by atoms with Crippen LogP contribution in [0.25, 0.3) is 22.3 Å². The molecule has 3 aromatic rings. The van der Waals surface area contributed by atoms with Gasteiger partial charge in [-0.05, 0) is 38.1 Å². The summed E-state index contributed by atoms with van der Waals surface area (Å²) in [6, 6.07) is 12.4. The van der Waals surface area contributed by atoms with E-state index in [9.17, 15) is 4.39 Å². The molecule has 0 unspecified atom stereocenters. The number of rotatable bonds is 3. The van der Waals surface area contributed by atoms with Crippen LogP contribution in [0.15, 0.2) is 42.5 Å². The highest BCUT2D eigenvalue weighted by Crippen LogP contribution is 2.26. The third-order valence-electron chi connectivity index (χ3n) is 3.28. The molecule has 106 valence electrons. The van der Waals surface area contributed by atoms with Gasteiger partial charge < -0.3 is 5.32 Å². The number of hydrogen-bond acceptors (Lipinski definition) is 3. The van der Waals surface area contributed by atoms with Crippen molar-refractivity contribution in [1.29, 1.82) is 0 Å². The first kappa shape index (κ1) is 13.5. The quantitative estimate of drug-likeness (QED) is 0.782. The summed E-state index contributed by atoms with van der Waals surface area (Å²) in [5.74, 6) is 1.03. The van der Waals surface area contributed by atoms with E-state index in [-0.39, 0.29) is 5.82 Å². The summed E-state index contributed by atoms with van der Waals surface area (Å²) < 4.78 is 13.4. The molecule has 3 rings (SSSR count). The Morgan fingerprint density at radius 1 is 1.10 bits per heavy atom. The van der Waals surface area contributed by atoms with Gasteiger partial charge in [0.15, 0.2) is 5.82 Å². The van der Waals surface area contributed by atoms with Crippen LogP contribution in [-0.4, -0.2) is 16.5 Å². The lowest BCUT2D eigenvalue weighted by molar-refractivity contribution is 0.628. The minimum Gasteiger partial charge on any atom is -0.370 e. The number of fused-ring (bicyclic) bond motifs is 1. The molecule has 21 heavy (non-hydrogen) atoms. The summed E-state index contributed by atoms with van der Waals surface area (Å²) in [6.07, 6.45) is 0. The minimum absolute atomic E-state index is 0.287. The molecule has 0 aliphatic rings. The molecule has 2 aromatic carbocycles. The smallest absolute Gasteiger partial charge is 0.162 e. The van der Waals surface area contributed by atoms with Crippen molar-refractivity contribution in [2.24, 2.45) is 0 Å². The third-order valence-corrected chi connectivity index (χ3v) is 3.28. The molecule has 3 nitrogen and oxygen atoms in total. The van der Waals surface area contributed by atoms with Crippen molar-refractivity contribution in [3.63, 3.8) is 0 Å². The van der Waals surface area contributed by atoms with Gasteiger partial charge in [-0.2, -0.15) is 0 Å². The first-order valence-electron chi connectivity index (χ1n) is 6.95. The van der Waals surface area contributed by atoms with E-state index in [1.54, 1.807) is 6.07 Å². The SMILES string of the molecule is CCNc1nc(-c2cccc(F)c2)nc2ccc(C)cc12. The Morgan fingerprint density at radius 3 is 2.71 bits per heavy atom. The molecule has 0 radical (unpaired) electrons. The summed E-state index contributed by atoms with van der Waals surface area (Å²) in [7, 11) is 0. The van der Waals surface area contributed by atoms with Gasteiger partial charge in [0.25, 0.3) is 0 Å². The number of hydrogen-bond donors (Lipinski definition) is 1. The van der Waals surface area contributed by atoms with Gasteiger partial charge in [-0.25, -0.2) is 14.4 Å². The molecule has 0 atom stereocenters. The Labute approximate surface area is 122 Å². The topological polar surface area (TPSA) is 37.8 Å². The number of anilines is 1. The van der Waals surface area contributed by atoms with Crippen molar-refractivity contribution in [3.05, 3.63) is 53.8 Å². The van der Waals surface area contributed by atoms with Gasteiger partial charge in [-0.1, -0.05) is 23.8 Å². The fourth-order valence-electron chi connectivity index (χ4n) is 2.30. The highest BCUT2D eigenvalue weighted by atomic mass is 19.1. The number of halogens is 1. The van der Waals surface area contributed by atoms with Gasteiger partial charge >= 0.3 is 0 Å². The van der Waals surface area contributed by atoms with E-state index >= 15 is 0 Å². The lowest BCUT2D eigenvalue weighted by Gasteiger charge is -2.10. The Kier molecular flexibility index (Phi) is 3.52. The zero-order valence-corrected chi connectivity index (χ0v) is 12.0. The molecule has 0 fully saturated rings. The second-order valence-electron chi connectivity index (χ2n) is 4.96. The standard InChI is InChI=1S/C17H16FN3/c1-3-19-17-14-9-11(2)7-8-15(14)20-16(21-17)12-5-4-6-13(18)10-12/h4-10H,3H2,1-2H3,(H,19,20,21). The van der Waals surface area contributed by atoms with Gasteiger partial charge in [0.05, 0.1) is 5.52 Å². The van der Waals surface area contributed by atoms with Crippen LogP contribution in [0.1, 0.15) is 12.5 Å². The Hall–Kier alpha value is -2.49. The molecule has 0 spiro atoms. The number of nitrogens with zero attached hydrogens (tertiary/aromatic N) is 2. The lowest BCUT2D eigenvalue weighted by atomic mass is 10.1. The molecule has 1 heterocycles. The normalized spacial score (nSPS) is 10.8. The Bertz CT molecular complexity index is 799. The first-order valence-corrected chi connectivity index (χ1v) is 6.95. The van der Waals surface area contributed by atoms with Crippen LogP contribution in [-0.2, 0) is 0 Å². The van der Waals surface area contributed by atoms with Crippen molar-refractivity contribution in [2.45, 2.75) is 13.8 Å². The van der Waals surface area contributed by atoms with Crippen LogP contribution < -0.4 is 5.32 Å². The van der Waals surface area contributed by atoms with E-state index < -0.39 is 0 Å². The van der Waals surface area contributed by atoms with Crippen molar-refractivity contribution < 1.29 is 4.39 Å². The molecular weight excluding hydrogens is 265 g/mol. The van der Waals surface area contributed by atoms with E-state index in [1.807, 2.05) is 32.0 Å². The first-order chi connectivity index (χ1) is 10.2. The summed E-state index contributed by atoms with van der Waals surface area (Å²) in [5, 5.41) is 4.24. The number of benzene rings is 2. The van der Waals surface area contributed by atoms with Crippen LogP contribution in [0.3, 0.4) is 0 Å². The van der Waals surface area contributed by atoms with Crippen LogP contribution >= 0.6 is 0 Å². The predicted molar refractivity (Wildman–Crippen MR) is 83.8 cm³/mol. The molecule has 4 heteroatoms. The molecule has 0 saturated heterocycles. The summed E-state index contributed by atoms with van der Waals surface area (Å²) in [4.78, 5) is 9.11. The van der Waals surface area contributed by atoms with E-state index in [0.717, 1.165) is 28.8 Å². The zero-order valence-electron chi connectivity index (χ0n) is 12.0. The van der Waals surface area contributed by atoms with Crippen LogP contribution in [0.2, 0.25) is 0 Å². The lowest BCUT2D eigenvalue weighted by Crippen LogP contribution is -2.03. The summed E-state index contributed by atoms with van der Waals surface area (Å²) >= 11 is 0. The molecule has 1 N–H and O–H groups in total. The predicted octanol–water partition coefficient (Wildman–Crippen LogP) is 4.18. The Morgan fingerprint density at radius 2 is 1.95 bits per heavy atom. The number of aryl methyl sites for hydroxylation is 1. The van der Waals surface area contributed by atoms with Gasteiger partial charge in [0.1, 0.15) is 11.6 Å². The van der Waals surface area contributed by atoms with E-state index in [0.29, 0.717) is 11.4 Å². The fourth-order valence-corrected chi connectivity index (χ4v) is 2.30. The van der Waals surface area contributed by atoms with Gasteiger partial charge in [0.2, 0.25) is 0 Å². The van der Waals surface area contributed by atoms with Crippen LogP contribution in [0.4, 0.5) is 10.2 Å². The van der Waals surface area contributed by atoms with E-state index in [1.165, 1.54) is 12.1 Å². The average molecular weight is 281 g/mol. The van der Waals surface area contributed by atoms with Gasteiger partial charge in [-0.3, -0.25) is 0 Å². The highest BCUT2D eigenvalue weighted by molar-refractivity contribution is 5.91. The molecule has 0 saturated carbocycles. The van der Waals surface area contributed by atoms with E-state index in [4.69, 9.17) is 0 Å². The largest absolute Gasteiger partial charge is 0.370 e. The fraction of sp³-hybridized carbons (Fsp3) is 0.176. The monoisotopic (exact) mass is 281 g/mol. The molecule has 0 aliphatic heterocycles. The zero-order chi connectivity index (χ0) is 14.8. The summed E-state index contributed by atoms with van der Waals surface area (Å²) in [5.41, 5.74) is 2.69.